The van der Waals surface area contributed by atoms with E-state index >= 15 is 0 Å². The van der Waals surface area contributed by atoms with Gasteiger partial charge in [-0.05, 0) is 18.2 Å². The molecule has 8 heteroatoms. The Morgan fingerprint density at radius 3 is 2.79 bits per heavy atom. The van der Waals surface area contributed by atoms with Gasteiger partial charge in [0.05, 0.1) is 22.4 Å². The molecule has 0 bridgehead atoms. The highest BCUT2D eigenvalue weighted by atomic mass is 16.5. The van der Waals surface area contributed by atoms with E-state index in [-0.39, 0.29) is 23.1 Å². The van der Waals surface area contributed by atoms with Gasteiger partial charge >= 0.3 is 11.3 Å². The van der Waals surface area contributed by atoms with Gasteiger partial charge in [-0.15, -0.1) is 0 Å². The van der Waals surface area contributed by atoms with Gasteiger partial charge in [0.25, 0.3) is 0 Å². The van der Waals surface area contributed by atoms with E-state index in [9.17, 15) is 14.7 Å². The number of nitrogens with zero attached hydrogens (tertiary/aromatic N) is 1. The van der Waals surface area contributed by atoms with Crippen LogP contribution in [-0.4, -0.2) is 15.1 Å². The normalized spacial score (nSPS) is 15.8. The molecule has 1 unspecified atom stereocenters. The van der Waals surface area contributed by atoms with Gasteiger partial charge in [0.2, 0.25) is 11.8 Å². The number of fused-ring (bicyclic) bond motifs is 6. The third-order valence-electron chi connectivity index (χ3n) is 4.99. The largest absolute Gasteiger partial charge is 0.508 e. The van der Waals surface area contributed by atoms with Crippen molar-refractivity contribution in [2.24, 2.45) is 0 Å². The van der Waals surface area contributed by atoms with Crippen molar-refractivity contribution in [2.75, 3.05) is 0 Å². The molecule has 4 aromatic rings. The van der Waals surface area contributed by atoms with Gasteiger partial charge < -0.3 is 19.0 Å². The topological polar surface area (TPSA) is 115 Å². The summed E-state index contributed by atoms with van der Waals surface area (Å²) < 4.78 is 17.2. The zero-order valence-corrected chi connectivity index (χ0v) is 14.1. The van der Waals surface area contributed by atoms with E-state index in [2.05, 4.69) is 9.97 Å². The van der Waals surface area contributed by atoms with E-state index in [0.717, 1.165) is 0 Å². The lowest BCUT2D eigenvalue weighted by Gasteiger charge is -2.32. The average molecular weight is 374 g/mol. The third kappa shape index (κ3) is 1.86. The Balaban J connectivity index is 1.78. The Hall–Kier alpha value is -4.07. The number of phenols is 1. The SMILES string of the molecule is O=c1nc2c3c([nH]1)Oc1cc(O)ccc1C3c1c(c3ccccc3oc1=O)O2. The lowest BCUT2D eigenvalue weighted by atomic mass is 9.82. The standard InChI is InChI=1S/C20H10N2O6/c23-8-5-6-9-12(7-8)26-17-15-13(9)14-16(28-18(15)22-20(25)21-17)10-3-1-2-4-11(10)27-19(14)24/h1-7,13,23H,(H,21,22,25). The molecule has 0 aliphatic carbocycles. The fraction of sp³-hybridized carbons (Fsp3) is 0.0500. The molecule has 0 saturated carbocycles. The molecule has 8 nitrogen and oxygen atoms in total. The van der Waals surface area contributed by atoms with Crippen molar-refractivity contribution in [1.29, 1.82) is 0 Å². The summed E-state index contributed by atoms with van der Waals surface area (Å²) in [5.41, 5.74) is 0.531. The molecule has 0 radical (unpaired) electrons. The zero-order valence-electron chi connectivity index (χ0n) is 14.1. The highest BCUT2D eigenvalue weighted by Gasteiger charge is 2.42. The van der Waals surface area contributed by atoms with Gasteiger partial charge in [0, 0.05) is 11.6 Å². The number of aromatic hydroxyl groups is 1. The number of nitrogens with one attached hydrogen (secondary N) is 1. The lowest BCUT2D eigenvalue weighted by Crippen LogP contribution is -2.27. The highest BCUT2D eigenvalue weighted by Crippen LogP contribution is 2.55. The van der Waals surface area contributed by atoms with Gasteiger partial charge in [-0.1, -0.05) is 18.2 Å². The van der Waals surface area contributed by atoms with Crippen LogP contribution in [0, 0.1) is 0 Å². The molecule has 2 N–H and O–H groups in total. The molecule has 0 spiro atoms. The van der Waals surface area contributed by atoms with E-state index in [1.807, 2.05) is 0 Å². The molecule has 0 fully saturated rings. The van der Waals surface area contributed by atoms with Crippen molar-refractivity contribution in [1.82, 2.24) is 9.97 Å². The smallest absolute Gasteiger partial charge is 0.351 e. The van der Waals surface area contributed by atoms with Crippen LogP contribution in [0.5, 0.6) is 29.0 Å². The molecule has 4 heterocycles. The summed E-state index contributed by atoms with van der Waals surface area (Å²) in [6, 6.07) is 11.6. The first kappa shape index (κ1) is 15.0. The van der Waals surface area contributed by atoms with Crippen molar-refractivity contribution in [2.45, 2.75) is 5.92 Å². The average Bonchev–Trinajstić information content (AvgIpc) is 2.67. The van der Waals surface area contributed by atoms with E-state index in [1.165, 1.54) is 12.1 Å². The minimum Gasteiger partial charge on any atom is -0.508 e. The first-order valence-electron chi connectivity index (χ1n) is 8.49. The summed E-state index contributed by atoms with van der Waals surface area (Å²) in [5, 5.41) is 10.4. The molecule has 2 aromatic heterocycles. The molecule has 0 saturated heterocycles. The van der Waals surface area contributed by atoms with Crippen molar-refractivity contribution in [3.63, 3.8) is 0 Å². The molecule has 136 valence electrons. The van der Waals surface area contributed by atoms with Crippen LogP contribution < -0.4 is 20.8 Å². The predicted octanol–water partition coefficient (Wildman–Crippen LogP) is 2.97. The number of aromatic amines is 1. The van der Waals surface area contributed by atoms with Crippen LogP contribution in [0.4, 0.5) is 0 Å². The Morgan fingerprint density at radius 1 is 1.04 bits per heavy atom. The van der Waals surface area contributed by atoms with Crippen LogP contribution in [0.1, 0.15) is 22.6 Å². The first-order chi connectivity index (χ1) is 13.6. The van der Waals surface area contributed by atoms with E-state index in [0.29, 0.717) is 33.6 Å². The maximum absolute atomic E-state index is 12.9. The summed E-state index contributed by atoms with van der Waals surface area (Å²) in [4.78, 5) is 31.4. The number of hydrogen-bond acceptors (Lipinski definition) is 7. The van der Waals surface area contributed by atoms with Gasteiger partial charge in [-0.3, -0.25) is 4.98 Å². The summed E-state index contributed by atoms with van der Waals surface area (Å²) in [6.07, 6.45) is 0. The third-order valence-corrected chi connectivity index (χ3v) is 4.99. The Morgan fingerprint density at radius 2 is 1.89 bits per heavy atom. The Labute approximate surface area is 155 Å². The predicted molar refractivity (Wildman–Crippen MR) is 96.5 cm³/mol. The van der Waals surface area contributed by atoms with Crippen LogP contribution in [-0.2, 0) is 0 Å². The van der Waals surface area contributed by atoms with Crippen LogP contribution in [0.2, 0.25) is 0 Å². The van der Waals surface area contributed by atoms with Gasteiger partial charge in [-0.2, -0.15) is 4.98 Å². The minimum atomic E-state index is -0.646. The highest BCUT2D eigenvalue weighted by molar-refractivity contribution is 5.86. The van der Waals surface area contributed by atoms with Crippen LogP contribution in [0.25, 0.3) is 11.0 Å². The first-order valence-corrected chi connectivity index (χ1v) is 8.49. The number of benzene rings is 2. The fourth-order valence-corrected chi connectivity index (χ4v) is 3.86. The van der Waals surface area contributed by atoms with E-state index < -0.39 is 17.2 Å². The molecule has 2 aromatic carbocycles. The minimum absolute atomic E-state index is 0.00310. The lowest BCUT2D eigenvalue weighted by molar-refractivity contribution is 0.374. The summed E-state index contributed by atoms with van der Waals surface area (Å²) in [7, 11) is 0. The summed E-state index contributed by atoms with van der Waals surface area (Å²) >= 11 is 0. The van der Waals surface area contributed by atoms with Crippen LogP contribution in [0.15, 0.2) is 56.5 Å². The van der Waals surface area contributed by atoms with Gasteiger partial charge in [0.1, 0.15) is 17.1 Å². The maximum atomic E-state index is 12.9. The molecule has 6 rings (SSSR count). The Kier molecular flexibility index (Phi) is 2.69. The van der Waals surface area contributed by atoms with Crippen molar-refractivity contribution in [3.8, 4) is 29.0 Å². The Bertz CT molecular complexity index is 1440. The summed E-state index contributed by atoms with van der Waals surface area (Å²) in [6.45, 7) is 0. The number of aromatic nitrogens is 2. The van der Waals surface area contributed by atoms with Crippen molar-refractivity contribution >= 4 is 11.0 Å². The molecule has 1 atom stereocenters. The van der Waals surface area contributed by atoms with Gasteiger partial charge in [-0.25, -0.2) is 9.59 Å². The molecule has 2 aliphatic heterocycles. The van der Waals surface area contributed by atoms with Crippen LogP contribution >= 0.6 is 0 Å². The number of phenolic OH excluding ortho intramolecular Hbond substituents is 1. The number of ether oxygens (including phenoxy) is 2. The summed E-state index contributed by atoms with van der Waals surface area (Å²) in [5.74, 6) is 0.196. The van der Waals surface area contributed by atoms with Crippen LogP contribution in [0.3, 0.4) is 0 Å². The van der Waals surface area contributed by atoms with Gasteiger partial charge in [0.15, 0.2) is 5.75 Å². The quantitative estimate of drug-likeness (QED) is 0.393. The maximum Gasteiger partial charge on any atom is 0.351 e. The molecule has 28 heavy (non-hydrogen) atoms. The monoisotopic (exact) mass is 374 g/mol. The van der Waals surface area contributed by atoms with E-state index in [1.54, 1.807) is 30.3 Å². The fourth-order valence-electron chi connectivity index (χ4n) is 3.86. The molecular weight excluding hydrogens is 364 g/mol. The van der Waals surface area contributed by atoms with Crippen molar-refractivity contribution < 1.29 is 19.0 Å². The second-order valence-electron chi connectivity index (χ2n) is 6.58. The molecular formula is C20H10N2O6. The second kappa shape index (κ2) is 5.01. The second-order valence-corrected chi connectivity index (χ2v) is 6.58. The zero-order chi connectivity index (χ0) is 19.0. The number of H-pyrrole nitrogens is 1. The number of para-hydroxylation sites is 1. The van der Waals surface area contributed by atoms with Crippen molar-refractivity contribution in [3.05, 3.63) is 80.1 Å². The number of hydrogen-bond donors (Lipinski definition) is 2. The van der Waals surface area contributed by atoms with E-state index in [4.69, 9.17) is 13.9 Å². The number of rotatable bonds is 0. The molecule has 2 aliphatic rings. The molecule has 0 amide bonds.